The lowest BCUT2D eigenvalue weighted by Gasteiger charge is -2.13. The fraction of sp³-hybridized carbons (Fsp3) is 0.333. The molecule has 0 aliphatic heterocycles. The Morgan fingerprint density at radius 3 is 2.88 bits per heavy atom. The van der Waals surface area contributed by atoms with Crippen LogP contribution in [0.5, 0.6) is 0 Å². The molecule has 90 valence electrons. The molecule has 1 atom stereocenters. The smallest absolute Gasteiger partial charge is 0.138 e. The van der Waals surface area contributed by atoms with Gasteiger partial charge in [0, 0.05) is 25.1 Å². The van der Waals surface area contributed by atoms with Crippen molar-refractivity contribution in [3.8, 4) is 0 Å². The van der Waals surface area contributed by atoms with E-state index < -0.39 is 6.04 Å². The molecule has 1 aromatic carbocycles. The molecule has 0 saturated heterocycles. The fourth-order valence-corrected chi connectivity index (χ4v) is 1.76. The van der Waals surface area contributed by atoms with E-state index in [9.17, 15) is 4.39 Å². The summed E-state index contributed by atoms with van der Waals surface area (Å²) in [5, 5.41) is 3.96. The van der Waals surface area contributed by atoms with Gasteiger partial charge in [0.2, 0.25) is 0 Å². The first-order valence-electron chi connectivity index (χ1n) is 5.42. The molecule has 0 bridgehead atoms. The van der Waals surface area contributed by atoms with Crippen LogP contribution in [0.2, 0.25) is 0 Å². The van der Waals surface area contributed by atoms with E-state index in [-0.39, 0.29) is 5.82 Å². The Kier molecular flexibility index (Phi) is 3.19. The number of halogens is 1. The van der Waals surface area contributed by atoms with Crippen LogP contribution in [0.15, 0.2) is 24.5 Å². The van der Waals surface area contributed by atoms with Crippen LogP contribution in [0.1, 0.15) is 23.0 Å². The first-order chi connectivity index (χ1) is 8.08. The second-order valence-electron chi connectivity index (χ2n) is 4.14. The Morgan fingerprint density at radius 1 is 1.47 bits per heavy atom. The first kappa shape index (κ1) is 11.7. The van der Waals surface area contributed by atoms with Gasteiger partial charge in [0.05, 0.1) is 0 Å². The summed E-state index contributed by atoms with van der Waals surface area (Å²) in [6.07, 6.45) is 1.94. The van der Waals surface area contributed by atoms with Crippen molar-refractivity contribution in [2.24, 2.45) is 12.8 Å². The third kappa shape index (κ3) is 2.50. The minimum atomic E-state index is -0.405. The van der Waals surface area contributed by atoms with Gasteiger partial charge in [-0.05, 0) is 13.0 Å². The minimum Gasteiger partial charge on any atom is -0.323 e. The van der Waals surface area contributed by atoms with E-state index >= 15 is 0 Å². The Morgan fingerprint density at radius 2 is 2.24 bits per heavy atom. The molecule has 2 aromatic rings. The monoisotopic (exact) mass is 234 g/mol. The number of aromatic nitrogens is 3. The molecular weight excluding hydrogens is 219 g/mol. The summed E-state index contributed by atoms with van der Waals surface area (Å²) in [5.74, 6) is 0.476. The van der Waals surface area contributed by atoms with Crippen LogP contribution in [0.25, 0.3) is 0 Å². The van der Waals surface area contributed by atoms with Crippen LogP contribution < -0.4 is 5.73 Å². The lowest BCUT2D eigenvalue weighted by Crippen LogP contribution is -2.17. The van der Waals surface area contributed by atoms with Gasteiger partial charge in [0.25, 0.3) is 0 Å². The molecule has 2 rings (SSSR count). The van der Waals surface area contributed by atoms with Crippen molar-refractivity contribution in [1.82, 2.24) is 14.8 Å². The van der Waals surface area contributed by atoms with E-state index in [1.165, 1.54) is 12.4 Å². The maximum absolute atomic E-state index is 13.6. The summed E-state index contributed by atoms with van der Waals surface area (Å²) in [7, 11) is 1.79. The molecule has 0 spiro atoms. The molecule has 0 amide bonds. The molecular formula is C12H15FN4. The summed E-state index contributed by atoms with van der Waals surface area (Å²) in [4.78, 5) is 4.08. The zero-order valence-electron chi connectivity index (χ0n) is 9.89. The van der Waals surface area contributed by atoms with E-state index in [1.54, 1.807) is 23.9 Å². The first-order valence-corrected chi connectivity index (χ1v) is 5.42. The van der Waals surface area contributed by atoms with Crippen LogP contribution in [0, 0.1) is 12.7 Å². The van der Waals surface area contributed by atoms with Gasteiger partial charge in [0.1, 0.15) is 18.0 Å². The zero-order chi connectivity index (χ0) is 12.4. The van der Waals surface area contributed by atoms with Gasteiger partial charge >= 0.3 is 0 Å². The summed E-state index contributed by atoms with van der Waals surface area (Å²) in [6.45, 7) is 1.91. The summed E-state index contributed by atoms with van der Waals surface area (Å²) >= 11 is 0. The normalized spacial score (nSPS) is 12.7. The van der Waals surface area contributed by atoms with Crippen LogP contribution in [-0.4, -0.2) is 14.8 Å². The van der Waals surface area contributed by atoms with Gasteiger partial charge < -0.3 is 5.73 Å². The molecule has 0 radical (unpaired) electrons. The zero-order valence-corrected chi connectivity index (χ0v) is 9.89. The Labute approximate surface area is 99.3 Å². The Hall–Kier alpha value is -1.75. The third-order valence-electron chi connectivity index (χ3n) is 2.76. The third-order valence-corrected chi connectivity index (χ3v) is 2.76. The van der Waals surface area contributed by atoms with E-state index in [0.29, 0.717) is 12.0 Å². The minimum absolute atomic E-state index is 0.273. The molecule has 0 aliphatic carbocycles. The van der Waals surface area contributed by atoms with Gasteiger partial charge in [-0.25, -0.2) is 9.37 Å². The standard InChI is InChI=1S/C12H15FN4/c1-8-3-4-10(13)9(5-8)11(14)6-12-15-7-16-17(12)2/h3-5,7,11H,6,14H2,1-2H3. The van der Waals surface area contributed by atoms with Crippen molar-refractivity contribution >= 4 is 0 Å². The molecule has 1 unspecified atom stereocenters. The SMILES string of the molecule is Cc1ccc(F)c(C(N)Cc2ncnn2C)c1. The molecule has 0 fully saturated rings. The van der Waals surface area contributed by atoms with Crippen molar-refractivity contribution in [3.63, 3.8) is 0 Å². The molecule has 1 aromatic heterocycles. The second kappa shape index (κ2) is 4.63. The van der Waals surface area contributed by atoms with E-state index in [1.807, 2.05) is 6.92 Å². The van der Waals surface area contributed by atoms with Crippen LogP contribution in [0.4, 0.5) is 4.39 Å². The quantitative estimate of drug-likeness (QED) is 0.875. The van der Waals surface area contributed by atoms with Gasteiger partial charge in [-0.1, -0.05) is 17.7 Å². The highest BCUT2D eigenvalue weighted by Crippen LogP contribution is 2.19. The van der Waals surface area contributed by atoms with Crippen molar-refractivity contribution < 1.29 is 4.39 Å². The second-order valence-corrected chi connectivity index (χ2v) is 4.14. The highest BCUT2D eigenvalue weighted by Gasteiger charge is 2.14. The number of nitrogens with two attached hydrogens (primary N) is 1. The summed E-state index contributed by atoms with van der Waals surface area (Å²) in [6, 6.07) is 4.55. The number of hydrogen-bond donors (Lipinski definition) is 1. The van der Waals surface area contributed by atoms with Crippen molar-refractivity contribution in [2.75, 3.05) is 0 Å². The van der Waals surface area contributed by atoms with Gasteiger partial charge in [-0.3, -0.25) is 4.68 Å². The topological polar surface area (TPSA) is 56.7 Å². The van der Waals surface area contributed by atoms with Crippen molar-refractivity contribution in [3.05, 3.63) is 47.3 Å². The Balaban J connectivity index is 2.23. The maximum Gasteiger partial charge on any atom is 0.138 e. The lowest BCUT2D eigenvalue weighted by molar-refractivity contribution is 0.564. The van der Waals surface area contributed by atoms with Crippen LogP contribution in [0.3, 0.4) is 0 Å². The number of aryl methyl sites for hydroxylation is 2. The number of rotatable bonds is 3. The Bertz CT molecular complexity index is 521. The van der Waals surface area contributed by atoms with E-state index in [0.717, 1.165) is 11.4 Å². The molecule has 4 nitrogen and oxygen atoms in total. The summed E-state index contributed by atoms with van der Waals surface area (Å²) < 4.78 is 15.3. The molecule has 2 N–H and O–H groups in total. The van der Waals surface area contributed by atoms with Gasteiger partial charge in [0.15, 0.2) is 0 Å². The fourth-order valence-electron chi connectivity index (χ4n) is 1.76. The lowest BCUT2D eigenvalue weighted by atomic mass is 10.0. The van der Waals surface area contributed by atoms with Crippen molar-refractivity contribution in [1.29, 1.82) is 0 Å². The number of hydrogen-bond acceptors (Lipinski definition) is 3. The predicted octanol–water partition coefficient (Wildman–Crippen LogP) is 1.51. The summed E-state index contributed by atoms with van der Waals surface area (Å²) in [5.41, 5.74) is 7.52. The highest BCUT2D eigenvalue weighted by atomic mass is 19.1. The van der Waals surface area contributed by atoms with Gasteiger partial charge in [-0.2, -0.15) is 5.10 Å². The van der Waals surface area contributed by atoms with E-state index in [2.05, 4.69) is 10.1 Å². The molecule has 5 heteroatoms. The highest BCUT2D eigenvalue weighted by molar-refractivity contribution is 5.27. The van der Waals surface area contributed by atoms with Crippen molar-refractivity contribution in [2.45, 2.75) is 19.4 Å². The molecule has 17 heavy (non-hydrogen) atoms. The molecule has 1 heterocycles. The molecule has 0 aliphatic rings. The van der Waals surface area contributed by atoms with Crippen LogP contribution in [-0.2, 0) is 13.5 Å². The number of benzene rings is 1. The average molecular weight is 234 g/mol. The average Bonchev–Trinajstić information content (AvgIpc) is 2.68. The maximum atomic E-state index is 13.6. The van der Waals surface area contributed by atoms with Crippen LogP contribution >= 0.6 is 0 Å². The van der Waals surface area contributed by atoms with Gasteiger partial charge in [-0.15, -0.1) is 0 Å². The van der Waals surface area contributed by atoms with E-state index in [4.69, 9.17) is 5.73 Å². The largest absolute Gasteiger partial charge is 0.323 e. The number of nitrogens with zero attached hydrogens (tertiary/aromatic N) is 3. The molecule has 0 saturated carbocycles. The predicted molar refractivity (Wildman–Crippen MR) is 62.8 cm³/mol.